The standard InChI is InChI=1S/C17H14N6S2/c1-17(2,15-20-13(24-22-15)11-5-3-7-18-9-11)16-21-14(25-23-16)12-6-4-8-19-10-12/h3-10H,1-2H3. The van der Waals surface area contributed by atoms with Gasteiger partial charge in [-0.25, -0.2) is 9.97 Å². The van der Waals surface area contributed by atoms with Crippen molar-refractivity contribution in [3.8, 4) is 21.1 Å². The molecule has 0 aliphatic rings. The second-order valence-electron chi connectivity index (χ2n) is 5.95. The second-order valence-corrected chi connectivity index (χ2v) is 7.46. The fourth-order valence-electron chi connectivity index (χ4n) is 2.27. The molecule has 8 heteroatoms. The highest BCUT2D eigenvalue weighted by Gasteiger charge is 2.32. The molecule has 0 aliphatic carbocycles. The van der Waals surface area contributed by atoms with Gasteiger partial charge in [-0.2, -0.15) is 8.75 Å². The van der Waals surface area contributed by atoms with Crippen molar-refractivity contribution in [2.45, 2.75) is 19.3 Å². The Morgan fingerprint density at radius 2 is 1.24 bits per heavy atom. The van der Waals surface area contributed by atoms with Gasteiger partial charge in [-0.3, -0.25) is 9.97 Å². The summed E-state index contributed by atoms with van der Waals surface area (Å²) in [5, 5.41) is 1.69. The van der Waals surface area contributed by atoms with Gasteiger partial charge < -0.3 is 0 Å². The van der Waals surface area contributed by atoms with E-state index in [1.165, 1.54) is 23.1 Å². The van der Waals surface area contributed by atoms with E-state index in [1.807, 2.05) is 38.1 Å². The zero-order valence-electron chi connectivity index (χ0n) is 13.6. The Morgan fingerprint density at radius 3 is 1.64 bits per heavy atom. The molecule has 4 aromatic heterocycles. The molecular formula is C17H14N6S2. The molecule has 0 atom stereocenters. The molecule has 6 nitrogen and oxygen atoms in total. The highest BCUT2D eigenvalue weighted by atomic mass is 32.1. The molecule has 0 aromatic carbocycles. The topological polar surface area (TPSA) is 77.3 Å². The smallest absolute Gasteiger partial charge is 0.156 e. The molecule has 0 spiro atoms. The number of hydrogen-bond acceptors (Lipinski definition) is 8. The third-order valence-electron chi connectivity index (χ3n) is 3.79. The minimum Gasteiger partial charge on any atom is -0.264 e. The zero-order valence-corrected chi connectivity index (χ0v) is 15.3. The molecule has 4 heterocycles. The van der Waals surface area contributed by atoms with Gasteiger partial charge in [-0.1, -0.05) is 0 Å². The van der Waals surface area contributed by atoms with Gasteiger partial charge in [-0.05, 0) is 61.2 Å². The minimum atomic E-state index is -0.478. The Hall–Kier alpha value is -2.58. The average molecular weight is 366 g/mol. The number of hydrogen-bond donors (Lipinski definition) is 0. The van der Waals surface area contributed by atoms with Crippen LogP contribution >= 0.6 is 23.1 Å². The van der Waals surface area contributed by atoms with Gasteiger partial charge in [0, 0.05) is 35.9 Å². The van der Waals surface area contributed by atoms with E-state index in [0.29, 0.717) is 11.6 Å². The molecule has 0 aliphatic heterocycles. The molecule has 0 unspecified atom stereocenters. The minimum absolute atomic E-state index is 0.478. The van der Waals surface area contributed by atoms with E-state index >= 15 is 0 Å². The fraction of sp³-hybridized carbons (Fsp3) is 0.176. The molecule has 124 valence electrons. The Labute approximate surface area is 153 Å². The molecule has 4 rings (SSSR count). The van der Waals surface area contributed by atoms with Crippen LogP contribution in [0.1, 0.15) is 25.5 Å². The van der Waals surface area contributed by atoms with Crippen LogP contribution in [0.5, 0.6) is 0 Å². The summed E-state index contributed by atoms with van der Waals surface area (Å²) < 4.78 is 9.08. The summed E-state index contributed by atoms with van der Waals surface area (Å²) in [7, 11) is 0. The number of nitrogens with zero attached hydrogens (tertiary/aromatic N) is 6. The van der Waals surface area contributed by atoms with Crippen LogP contribution in [0.15, 0.2) is 49.1 Å². The lowest BCUT2D eigenvalue weighted by molar-refractivity contribution is 0.568. The molecule has 4 aromatic rings. The predicted octanol–water partition coefficient (Wildman–Crippen LogP) is 3.84. The Bertz CT molecular complexity index is 899. The SMILES string of the molecule is CC(C)(c1nsc(-c2cccnc2)n1)c1nsc(-c2cccnc2)n1. The van der Waals surface area contributed by atoms with Crippen molar-refractivity contribution in [2.75, 3.05) is 0 Å². The first-order chi connectivity index (χ1) is 12.1. The Kier molecular flexibility index (Phi) is 4.06. The lowest BCUT2D eigenvalue weighted by atomic mass is 9.92. The van der Waals surface area contributed by atoms with Crippen molar-refractivity contribution in [3.05, 3.63) is 60.7 Å². The van der Waals surface area contributed by atoms with Crippen molar-refractivity contribution >= 4 is 23.1 Å². The first-order valence-corrected chi connectivity index (χ1v) is 9.18. The van der Waals surface area contributed by atoms with Crippen molar-refractivity contribution in [1.82, 2.24) is 28.7 Å². The van der Waals surface area contributed by atoms with E-state index in [4.69, 9.17) is 9.97 Å². The van der Waals surface area contributed by atoms with Crippen LogP contribution in [0.4, 0.5) is 0 Å². The van der Waals surface area contributed by atoms with Crippen molar-refractivity contribution < 1.29 is 0 Å². The molecule has 0 saturated carbocycles. The van der Waals surface area contributed by atoms with Gasteiger partial charge in [0.1, 0.15) is 10.0 Å². The zero-order chi connectivity index (χ0) is 17.3. The van der Waals surface area contributed by atoms with Crippen LogP contribution in [-0.4, -0.2) is 28.7 Å². The van der Waals surface area contributed by atoms with Crippen molar-refractivity contribution in [3.63, 3.8) is 0 Å². The van der Waals surface area contributed by atoms with Crippen LogP contribution < -0.4 is 0 Å². The lowest BCUT2D eigenvalue weighted by Crippen LogP contribution is -2.22. The summed E-state index contributed by atoms with van der Waals surface area (Å²) in [6.07, 6.45) is 7.07. The quantitative estimate of drug-likeness (QED) is 0.546. The molecule has 0 fully saturated rings. The monoisotopic (exact) mass is 366 g/mol. The van der Waals surface area contributed by atoms with Crippen LogP contribution in [-0.2, 0) is 5.41 Å². The molecule has 0 radical (unpaired) electrons. The normalized spacial score (nSPS) is 11.6. The number of aromatic nitrogens is 6. The molecule has 0 saturated heterocycles. The van der Waals surface area contributed by atoms with E-state index in [9.17, 15) is 0 Å². The van der Waals surface area contributed by atoms with E-state index in [0.717, 1.165) is 21.1 Å². The van der Waals surface area contributed by atoms with E-state index < -0.39 is 5.41 Å². The van der Waals surface area contributed by atoms with Gasteiger partial charge in [0.05, 0.1) is 5.41 Å². The number of pyridine rings is 2. The maximum absolute atomic E-state index is 4.69. The summed E-state index contributed by atoms with van der Waals surface area (Å²) in [4.78, 5) is 17.7. The third-order valence-corrected chi connectivity index (χ3v) is 5.32. The van der Waals surface area contributed by atoms with Crippen LogP contribution in [0.3, 0.4) is 0 Å². The number of rotatable bonds is 4. The van der Waals surface area contributed by atoms with Crippen LogP contribution in [0.25, 0.3) is 21.1 Å². The highest BCUT2D eigenvalue weighted by Crippen LogP contribution is 2.33. The van der Waals surface area contributed by atoms with Crippen molar-refractivity contribution in [2.24, 2.45) is 0 Å². The Balaban J connectivity index is 1.66. The summed E-state index contributed by atoms with van der Waals surface area (Å²) >= 11 is 2.73. The summed E-state index contributed by atoms with van der Waals surface area (Å²) in [6.45, 7) is 4.08. The first-order valence-electron chi connectivity index (χ1n) is 7.64. The maximum atomic E-state index is 4.69. The second kappa shape index (κ2) is 6.38. The molecule has 0 bridgehead atoms. The van der Waals surface area contributed by atoms with Crippen molar-refractivity contribution in [1.29, 1.82) is 0 Å². The first kappa shape index (κ1) is 15.9. The van der Waals surface area contributed by atoms with E-state index in [2.05, 4.69) is 18.7 Å². The third kappa shape index (κ3) is 3.06. The van der Waals surface area contributed by atoms with Crippen LogP contribution in [0.2, 0.25) is 0 Å². The molecule has 0 N–H and O–H groups in total. The Morgan fingerprint density at radius 1 is 0.760 bits per heavy atom. The van der Waals surface area contributed by atoms with Gasteiger partial charge >= 0.3 is 0 Å². The predicted molar refractivity (Wildman–Crippen MR) is 98.4 cm³/mol. The largest absolute Gasteiger partial charge is 0.264 e. The fourth-order valence-corrected chi connectivity index (χ4v) is 3.86. The van der Waals surface area contributed by atoms with E-state index in [1.54, 1.807) is 24.8 Å². The average Bonchev–Trinajstić information content (AvgIpc) is 3.34. The molecule has 0 amide bonds. The summed E-state index contributed by atoms with van der Waals surface area (Å²) in [6, 6.07) is 7.74. The van der Waals surface area contributed by atoms with Gasteiger partial charge in [0.15, 0.2) is 11.6 Å². The van der Waals surface area contributed by atoms with Gasteiger partial charge in [-0.15, -0.1) is 0 Å². The molecular weight excluding hydrogens is 352 g/mol. The molecule has 25 heavy (non-hydrogen) atoms. The maximum Gasteiger partial charge on any atom is 0.156 e. The summed E-state index contributed by atoms with van der Waals surface area (Å²) in [5.74, 6) is 1.43. The van der Waals surface area contributed by atoms with Gasteiger partial charge in [0.25, 0.3) is 0 Å². The highest BCUT2D eigenvalue weighted by molar-refractivity contribution is 7.09. The van der Waals surface area contributed by atoms with E-state index in [-0.39, 0.29) is 0 Å². The van der Waals surface area contributed by atoms with Gasteiger partial charge in [0.2, 0.25) is 0 Å². The lowest BCUT2D eigenvalue weighted by Gasteiger charge is -2.16. The van der Waals surface area contributed by atoms with Crippen LogP contribution in [0, 0.1) is 0 Å². The summed E-state index contributed by atoms with van der Waals surface area (Å²) in [5.41, 5.74) is 1.45.